The van der Waals surface area contributed by atoms with Gasteiger partial charge in [0.05, 0.1) is 66.5 Å². The molecular formula is C49H55F2N7O9S. The molecule has 16 nitrogen and oxygen atoms in total. The van der Waals surface area contributed by atoms with Crippen LogP contribution in [-0.4, -0.2) is 136 Å². The Kier molecular flexibility index (Phi) is 13.9. The summed E-state index contributed by atoms with van der Waals surface area (Å²) in [5.74, 6) is -4.56. The molecule has 19 heteroatoms. The van der Waals surface area contributed by atoms with E-state index >= 15 is 8.78 Å². The fraction of sp³-hybridized carbons (Fsp3) is 0.408. The van der Waals surface area contributed by atoms with Gasteiger partial charge in [0.2, 0.25) is 11.8 Å². The molecule has 0 aromatic heterocycles. The van der Waals surface area contributed by atoms with Gasteiger partial charge in [0.25, 0.3) is 17.7 Å². The van der Waals surface area contributed by atoms with Gasteiger partial charge in [0, 0.05) is 76.3 Å². The van der Waals surface area contributed by atoms with Crippen molar-refractivity contribution >= 4 is 50.6 Å². The number of hydrogen-bond acceptors (Lipinski definition) is 14. The van der Waals surface area contributed by atoms with Crippen molar-refractivity contribution in [3.63, 3.8) is 0 Å². The van der Waals surface area contributed by atoms with Crippen molar-refractivity contribution in [2.75, 3.05) is 82.3 Å². The van der Waals surface area contributed by atoms with E-state index in [2.05, 4.69) is 10.6 Å². The first-order chi connectivity index (χ1) is 32.5. The second-order valence-electron chi connectivity index (χ2n) is 17.6. The number of nitrogens with one attached hydrogen (secondary N) is 3. The van der Waals surface area contributed by atoms with Crippen LogP contribution in [0.4, 0.5) is 20.2 Å². The highest BCUT2D eigenvalue weighted by Crippen LogP contribution is 2.41. The normalized spacial score (nSPS) is 20.4. The molecule has 0 radical (unpaired) electrons. The maximum atomic E-state index is 16.1. The van der Waals surface area contributed by atoms with E-state index in [9.17, 15) is 27.6 Å². The molecule has 4 aromatic carbocycles. The number of piperidine rings is 2. The molecule has 8 rings (SSSR count). The summed E-state index contributed by atoms with van der Waals surface area (Å²) in [6, 6.07) is 20.0. The summed E-state index contributed by atoms with van der Waals surface area (Å²) in [5.41, 5.74) is 3.24. The molecule has 4 amide bonds. The lowest BCUT2D eigenvalue weighted by Crippen LogP contribution is -2.61. The number of alkyl halides is 2. The minimum atomic E-state index is -3.70. The fourth-order valence-electron chi connectivity index (χ4n) is 9.71. The lowest BCUT2D eigenvalue weighted by Gasteiger charge is -2.46. The molecule has 4 aliphatic heterocycles. The highest BCUT2D eigenvalue weighted by atomic mass is 32.2. The van der Waals surface area contributed by atoms with Gasteiger partial charge in [-0.2, -0.15) is 0 Å². The Bertz CT molecular complexity index is 2730. The van der Waals surface area contributed by atoms with Crippen LogP contribution in [0.15, 0.2) is 78.9 Å². The zero-order chi connectivity index (χ0) is 48.5. The third-order valence-electron chi connectivity index (χ3n) is 13.0. The van der Waals surface area contributed by atoms with Gasteiger partial charge < -0.3 is 29.8 Å². The summed E-state index contributed by atoms with van der Waals surface area (Å²) in [5, 5.41) is 14.0. The molecule has 4 aromatic rings. The Morgan fingerprint density at radius 3 is 2.31 bits per heavy atom. The number of hydrogen-bond donors (Lipinski definition) is 3. The number of carbonyl (C=O) groups excluding carboxylic acids is 4. The van der Waals surface area contributed by atoms with Crippen LogP contribution < -0.4 is 29.7 Å². The number of sulfone groups is 1. The van der Waals surface area contributed by atoms with Crippen LogP contribution in [0.3, 0.4) is 0 Å². The number of nitrogens with zero attached hydrogens (tertiary/aromatic N) is 4. The number of ether oxygens (including phenoxy) is 3. The van der Waals surface area contributed by atoms with Crippen molar-refractivity contribution < 1.29 is 50.6 Å². The van der Waals surface area contributed by atoms with E-state index in [4.69, 9.17) is 19.6 Å². The van der Waals surface area contributed by atoms with Gasteiger partial charge in [0.1, 0.15) is 21.3 Å². The second-order valence-corrected chi connectivity index (χ2v) is 19.7. The van der Waals surface area contributed by atoms with Crippen molar-refractivity contribution in [3.05, 3.63) is 107 Å². The van der Waals surface area contributed by atoms with Gasteiger partial charge in [0.15, 0.2) is 11.5 Å². The molecular weight excluding hydrogens is 901 g/mol. The molecule has 3 atom stereocenters. The Morgan fingerprint density at radius 1 is 0.912 bits per heavy atom. The van der Waals surface area contributed by atoms with E-state index in [1.54, 1.807) is 85.6 Å². The summed E-state index contributed by atoms with van der Waals surface area (Å²) in [6.45, 7) is 3.72. The van der Waals surface area contributed by atoms with Crippen LogP contribution in [0.5, 0.6) is 23.0 Å². The minimum absolute atomic E-state index is 0.106. The molecule has 360 valence electrons. The SMILES string of the molecule is CCOc1cc([C@@H](CS(C)(=O)=O)N2C(=O)c3cccc(N4CCN(C5CCN(Cc6ccc(Oc7ccc(C(=N)C8CCC(=O)NC8=O)c(NC)c7)cc6)CC5(F)F)CC4)c3C2=O)ccc1OC. The van der Waals surface area contributed by atoms with E-state index in [-0.39, 0.29) is 42.0 Å². The minimum Gasteiger partial charge on any atom is -0.493 e. The van der Waals surface area contributed by atoms with Crippen LogP contribution in [0.1, 0.15) is 69.6 Å². The summed E-state index contributed by atoms with van der Waals surface area (Å²) < 4.78 is 74.8. The first-order valence-electron chi connectivity index (χ1n) is 22.6. The van der Waals surface area contributed by atoms with Crippen LogP contribution >= 0.6 is 0 Å². The second kappa shape index (κ2) is 19.7. The number of likely N-dealkylation sites (tertiary alicyclic amines) is 1. The highest BCUT2D eigenvalue weighted by molar-refractivity contribution is 7.90. The zero-order valence-corrected chi connectivity index (χ0v) is 39.2. The Balaban J connectivity index is 0.876. The van der Waals surface area contributed by atoms with E-state index in [0.717, 1.165) is 16.7 Å². The molecule has 3 N–H and O–H groups in total. The van der Waals surface area contributed by atoms with Crippen molar-refractivity contribution in [2.45, 2.75) is 50.7 Å². The average molecular weight is 956 g/mol. The van der Waals surface area contributed by atoms with Crippen LogP contribution in [0, 0.1) is 11.3 Å². The summed E-state index contributed by atoms with van der Waals surface area (Å²) in [7, 11) is -0.528. The maximum absolute atomic E-state index is 16.1. The predicted molar refractivity (Wildman–Crippen MR) is 251 cm³/mol. The Hall–Kier alpha value is -6.44. The molecule has 0 aliphatic carbocycles. The number of carbonyl (C=O) groups is 4. The molecule has 68 heavy (non-hydrogen) atoms. The lowest BCUT2D eigenvalue weighted by atomic mass is 9.88. The summed E-state index contributed by atoms with van der Waals surface area (Å²) in [6.07, 6.45) is 1.74. The topological polar surface area (TPSA) is 191 Å². The lowest BCUT2D eigenvalue weighted by molar-refractivity contribution is -0.134. The van der Waals surface area contributed by atoms with Gasteiger partial charge in [-0.25, -0.2) is 17.2 Å². The molecule has 0 bridgehead atoms. The summed E-state index contributed by atoms with van der Waals surface area (Å²) in [4.78, 5) is 58.9. The number of rotatable bonds is 16. The van der Waals surface area contributed by atoms with E-state index in [0.29, 0.717) is 91.4 Å². The standard InChI is InChI=1S/C49H55F2N7O9S/c1-5-66-41-25-31(11-17-40(41)65-3)39(28-68(4,63)64)58-47(61)35-7-6-8-38(44(35)48(58)62)56-21-23-57(24-22-56)42-19-20-55(29-49(42,50)51)27-30-9-12-32(13-10-30)67-33-14-15-34(37(26-33)53-2)45(52)36-16-18-43(59)54-46(36)60/h6-15,17,25-26,36,39,42,52-53H,5,16,18-24,27-29H2,1-4H3,(H,54,59,60)/t36?,39-,42?/m1/s1. The van der Waals surface area contributed by atoms with E-state index in [1.165, 1.54) is 7.11 Å². The monoisotopic (exact) mass is 955 g/mol. The number of imide groups is 2. The average Bonchev–Trinajstić information content (AvgIpc) is 3.56. The number of anilines is 2. The number of halogens is 2. The van der Waals surface area contributed by atoms with Gasteiger partial charge in [-0.3, -0.25) is 39.2 Å². The van der Waals surface area contributed by atoms with Crippen LogP contribution in [-0.2, 0) is 26.0 Å². The molecule has 3 saturated heterocycles. The number of fused-ring (bicyclic) bond motifs is 1. The molecule has 0 saturated carbocycles. The van der Waals surface area contributed by atoms with Crippen LogP contribution in [0.25, 0.3) is 0 Å². The van der Waals surface area contributed by atoms with Gasteiger partial charge in [-0.15, -0.1) is 0 Å². The number of amides is 4. The van der Waals surface area contributed by atoms with Gasteiger partial charge in [-0.1, -0.05) is 24.3 Å². The van der Waals surface area contributed by atoms with Gasteiger partial charge >= 0.3 is 0 Å². The third kappa shape index (κ3) is 10.0. The largest absolute Gasteiger partial charge is 0.493 e. The van der Waals surface area contributed by atoms with E-state index < -0.39 is 63.8 Å². The number of benzene rings is 4. The summed E-state index contributed by atoms with van der Waals surface area (Å²) >= 11 is 0. The quantitative estimate of drug-likeness (QED) is 0.0909. The number of piperazine rings is 1. The van der Waals surface area contributed by atoms with Crippen molar-refractivity contribution in [2.24, 2.45) is 5.92 Å². The molecule has 4 aliphatic rings. The maximum Gasteiger partial charge on any atom is 0.275 e. The van der Waals surface area contributed by atoms with Crippen molar-refractivity contribution in [1.29, 1.82) is 5.41 Å². The molecule has 4 heterocycles. The van der Waals surface area contributed by atoms with E-state index in [1.807, 2.05) is 21.9 Å². The van der Waals surface area contributed by atoms with Crippen LogP contribution in [0.2, 0.25) is 0 Å². The third-order valence-corrected chi connectivity index (χ3v) is 13.9. The van der Waals surface area contributed by atoms with Crippen molar-refractivity contribution in [3.8, 4) is 23.0 Å². The number of methoxy groups -OCH3 is 1. The molecule has 2 unspecified atom stereocenters. The fourth-order valence-corrected chi connectivity index (χ4v) is 10.6. The highest BCUT2D eigenvalue weighted by Gasteiger charge is 2.49. The van der Waals surface area contributed by atoms with Crippen molar-refractivity contribution in [1.82, 2.24) is 20.0 Å². The smallest absolute Gasteiger partial charge is 0.275 e. The first kappa shape index (κ1) is 48.0. The predicted octanol–water partition coefficient (Wildman–Crippen LogP) is 5.76. The molecule has 3 fully saturated rings. The zero-order valence-electron chi connectivity index (χ0n) is 38.4. The Morgan fingerprint density at radius 2 is 1.65 bits per heavy atom. The molecule has 0 spiro atoms. The first-order valence-corrected chi connectivity index (χ1v) is 24.6. The van der Waals surface area contributed by atoms with Gasteiger partial charge in [-0.05, 0) is 79.4 Å². The Labute approximate surface area is 393 Å².